The number of anilines is 1. The van der Waals surface area contributed by atoms with Crippen LogP contribution in [-0.2, 0) is 4.79 Å². The standard InChI is InChI=1S/C19H21FN6.C2HF3O2/c1-11-23-18(25-9-13-5-12(7-21)17(13)10-25)16-8-22-26(19(16)24-11)15-4-2-3-14(20)6-15;3-2(4,5)1(6)7/h2-4,6,8,12-13,17H,5,7,9-10,21H2,1H3;(H,6,7). The number of halogens is 4. The summed E-state index contributed by atoms with van der Waals surface area (Å²) in [5, 5.41) is 12.5. The van der Waals surface area contributed by atoms with Crippen molar-refractivity contribution in [2.24, 2.45) is 23.5 Å². The third-order valence-electron chi connectivity index (χ3n) is 6.12. The van der Waals surface area contributed by atoms with Crippen LogP contribution in [0.2, 0.25) is 0 Å². The van der Waals surface area contributed by atoms with Gasteiger partial charge < -0.3 is 15.7 Å². The number of carboxylic acid groups (broad SMARTS) is 1. The van der Waals surface area contributed by atoms with E-state index in [2.05, 4.69) is 15.0 Å². The van der Waals surface area contributed by atoms with Crippen LogP contribution < -0.4 is 10.6 Å². The second-order valence-corrected chi connectivity index (χ2v) is 8.23. The number of aliphatic carboxylic acids is 1. The fourth-order valence-corrected chi connectivity index (χ4v) is 4.53. The number of aromatic nitrogens is 4. The molecule has 5 rings (SSSR count). The van der Waals surface area contributed by atoms with Crippen molar-refractivity contribution >= 4 is 22.8 Å². The molecule has 1 saturated heterocycles. The maximum atomic E-state index is 13.6. The summed E-state index contributed by atoms with van der Waals surface area (Å²) in [7, 11) is 0. The highest BCUT2D eigenvalue weighted by molar-refractivity contribution is 5.88. The van der Waals surface area contributed by atoms with Crippen molar-refractivity contribution in [1.82, 2.24) is 19.7 Å². The molecule has 0 amide bonds. The molecule has 0 radical (unpaired) electrons. The molecular weight excluding hydrogens is 444 g/mol. The predicted molar refractivity (Wildman–Crippen MR) is 111 cm³/mol. The molecular formula is C21H22F4N6O2. The minimum absolute atomic E-state index is 0.291. The van der Waals surface area contributed by atoms with E-state index >= 15 is 0 Å². The van der Waals surface area contributed by atoms with Gasteiger partial charge in [0, 0.05) is 13.1 Å². The Morgan fingerprint density at radius 2 is 2.00 bits per heavy atom. The maximum absolute atomic E-state index is 13.6. The fraction of sp³-hybridized carbons (Fsp3) is 0.429. The first kappa shape index (κ1) is 22.9. The van der Waals surface area contributed by atoms with Crippen LogP contribution in [0.15, 0.2) is 30.5 Å². The van der Waals surface area contributed by atoms with Crippen molar-refractivity contribution < 1.29 is 27.5 Å². The third kappa shape index (κ3) is 4.47. The lowest BCUT2D eigenvalue weighted by Gasteiger charge is -2.38. The average Bonchev–Trinajstić information content (AvgIpc) is 3.29. The number of nitrogens with zero attached hydrogens (tertiary/aromatic N) is 5. The molecule has 1 saturated carbocycles. The molecule has 8 nitrogen and oxygen atoms in total. The zero-order valence-corrected chi connectivity index (χ0v) is 17.6. The molecule has 2 aliphatic rings. The Morgan fingerprint density at radius 1 is 1.27 bits per heavy atom. The van der Waals surface area contributed by atoms with E-state index in [-0.39, 0.29) is 5.82 Å². The first-order valence-electron chi connectivity index (χ1n) is 10.3. The van der Waals surface area contributed by atoms with Crippen LogP contribution in [-0.4, -0.2) is 56.6 Å². The molecule has 1 aliphatic carbocycles. The van der Waals surface area contributed by atoms with Crippen molar-refractivity contribution in [3.63, 3.8) is 0 Å². The van der Waals surface area contributed by atoms with E-state index in [9.17, 15) is 17.6 Å². The normalized spacial score (nSPS) is 21.9. The second-order valence-electron chi connectivity index (χ2n) is 8.23. The van der Waals surface area contributed by atoms with E-state index in [0.29, 0.717) is 34.9 Å². The van der Waals surface area contributed by atoms with E-state index in [1.165, 1.54) is 18.6 Å². The van der Waals surface area contributed by atoms with Crippen molar-refractivity contribution in [2.75, 3.05) is 24.5 Å². The summed E-state index contributed by atoms with van der Waals surface area (Å²) >= 11 is 0. The lowest BCUT2D eigenvalue weighted by atomic mass is 9.67. The Hall–Kier alpha value is -3.28. The number of fused-ring (bicyclic) bond motifs is 2. The molecule has 0 bridgehead atoms. The fourth-order valence-electron chi connectivity index (χ4n) is 4.53. The minimum atomic E-state index is -5.08. The zero-order valence-electron chi connectivity index (χ0n) is 17.6. The van der Waals surface area contributed by atoms with Gasteiger partial charge in [0.25, 0.3) is 0 Å². The number of hydrogen-bond donors (Lipinski definition) is 2. The van der Waals surface area contributed by atoms with E-state index in [1.54, 1.807) is 16.9 Å². The Morgan fingerprint density at radius 3 is 2.64 bits per heavy atom. The van der Waals surface area contributed by atoms with Gasteiger partial charge in [-0.3, -0.25) is 0 Å². The van der Waals surface area contributed by atoms with Crippen molar-refractivity contribution in [2.45, 2.75) is 19.5 Å². The van der Waals surface area contributed by atoms with Gasteiger partial charge in [0.05, 0.1) is 17.3 Å². The molecule has 2 fully saturated rings. The third-order valence-corrected chi connectivity index (χ3v) is 6.12. The monoisotopic (exact) mass is 466 g/mol. The topological polar surface area (TPSA) is 110 Å². The van der Waals surface area contributed by atoms with Gasteiger partial charge in [0.1, 0.15) is 17.5 Å². The van der Waals surface area contributed by atoms with E-state index < -0.39 is 12.1 Å². The first-order valence-corrected chi connectivity index (χ1v) is 10.3. The average molecular weight is 466 g/mol. The second kappa shape index (κ2) is 8.58. The molecule has 0 spiro atoms. The summed E-state index contributed by atoms with van der Waals surface area (Å²) in [5.74, 6) is 0.600. The van der Waals surface area contributed by atoms with Crippen molar-refractivity contribution in [3.05, 3.63) is 42.1 Å². The number of benzene rings is 1. The summed E-state index contributed by atoms with van der Waals surface area (Å²) in [6.07, 6.45) is -2.08. The number of rotatable bonds is 3. The summed E-state index contributed by atoms with van der Waals surface area (Å²) < 4.78 is 47.1. The number of carbonyl (C=O) groups is 1. The minimum Gasteiger partial charge on any atom is -0.475 e. The predicted octanol–water partition coefficient (Wildman–Crippen LogP) is 2.93. The smallest absolute Gasteiger partial charge is 0.475 e. The van der Waals surface area contributed by atoms with Gasteiger partial charge in [-0.15, -0.1) is 0 Å². The quantitative estimate of drug-likeness (QED) is 0.571. The first-order chi connectivity index (χ1) is 15.6. The zero-order chi connectivity index (χ0) is 23.9. The molecule has 176 valence electrons. The van der Waals surface area contributed by atoms with Gasteiger partial charge >= 0.3 is 12.1 Å². The van der Waals surface area contributed by atoms with Crippen molar-refractivity contribution in [3.8, 4) is 5.69 Å². The molecule has 3 N–H and O–H groups in total. The lowest BCUT2D eigenvalue weighted by molar-refractivity contribution is -0.192. The largest absolute Gasteiger partial charge is 0.490 e. The highest BCUT2D eigenvalue weighted by Gasteiger charge is 2.46. The molecule has 1 aromatic carbocycles. The van der Waals surface area contributed by atoms with Gasteiger partial charge in [-0.1, -0.05) is 6.07 Å². The van der Waals surface area contributed by atoms with Crippen LogP contribution in [0.5, 0.6) is 0 Å². The van der Waals surface area contributed by atoms with Gasteiger partial charge in [-0.05, 0) is 55.8 Å². The van der Waals surface area contributed by atoms with Crippen LogP contribution in [0.1, 0.15) is 12.2 Å². The number of carboxylic acids is 1. The number of nitrogens with two attached hydrogens (primary N) is 1. The van der Waals surface area contributed by atoms with E-state index in [4.69, 9.17) is 20.6 Å². The highest BCUT2D eigenvalue weighted by atomic mass is 19.4. The van der Waals surface area contributed by atoms with Gasteiger partial charge in [0.2, 0.25) is 0 Å². The van der Waals surface area contributed by atoms with Crippen LogP contribution in [0.25, 0.3) is 16.7 Å². The molecule has 12 heteroatoms. The van der Waals surface area contributed by atoms with Crippen LogP contribution in [0, 0.1) is 30.5 Å². The summed E-state index contributed by atoms with van der Waals surface area (Å²) in [6, 6.07) is 6.40. The lowest BCUT2D eigenvalue weighted by Crippen LogP contribution is -2.39. The molecule has 3 heterocycles. The number of alkyl halides is 3. The van der Waals surface area contributed by atoms with Crippen LogP contribution in [0.3, 0.4) is 0 Å². The molecule has 3 atom stereocenters. The Bertz CT molecular complexity index is 1180. The van der Waals surface area contributed by atoms with Gasteiger partial charge in [-0.2, -0.15) is 18.3 Å². The van der Waals surface area contributed by atoms with E-state index in [1.807, 2.05) is 13.0 Å². The van der Waals surface area contributed by atoms with Gasteiger partial charge in [-0.25, -0.2) is 23.8 Å². The highest BCUT2D eigenvalue weighted by Crippen LogP contribution is 2.46. The number of aryl methyl sites for hydroxylation is 1. The van der Waals surface area contributed by atoms with Crippen molar-refractivity contribution in [1.29, 1.82) is 0 Å². The molecule has 3 unspecified atom stereocenters. The number of hydrogen-bond acceptors (Lipinski definition) is 6. The summed E-state index contributed by atoms with van der Waals surface area (Å²) in [6.45, 7) is 4.66. The molecule has 2 aromatic heterocycles. The van der Waals surface area contributed by atoms with Gasteiger partial charge in [0.15, 0.2) is 5.65 Å². The molecule has 33 heavy (non-hydrogen) atoms. The Labute approximate surface area is 186 Å². The Kier molecular flexibility index (Phi) is 5.95. The summed E-state index contributed by atoms with van der Waals surface area (Å²) in [5.41, 5.74) is 7.26. The van der Waals surface area contributed by atoms with Crippen LogP contribution >= 0.6 is 0 Å². The Balaban J connectivity index is 0.000000325. The SMILES string of the molecule is Cc1nc(N2CC3CC(CN)C3C2)c2cnn(-c3cccc(F)c3)c2n1.O=C(O)C(F)(F)F. The maximum Gasteiger partial charge on any atom is 0.490 e. The van der Waals surface area contributed by atoms with Crippen LogP contribution in [0.4, 0.5) is 23.4 Å². The summed E-state index contributed by atoms with van der Waals surface area (Å²) in [4.78, 5) is 20.5. The van der Waals surface area contributed by atoms with E-state index in [0.717, 1.165) is 30.8 Å². The molecule has 3 aromatic rings. The molecule has 1 aliphatic heterocycles.